The van der Waals surface area contributed by atoms with Crippen LogP contribution in [-0.4, -0.2) is 23.3 Å². The molecule has 0 aliphatic heterocycles. The first-order valence-electron chi connectivity index (χ1n) is 9.30. The number of rotatable bonds is 6. The van der Waals surface area contributed by atoms with E-state index in [4.69, 9.17) is 0 Å². The van der Waals surface area contributed by atoms with E-state index in [0.29, 0.717) is 23.2 Å². The standard InChI is InChI=1S/C23H22FN3O2/c1-15-7-8-20(16(2)13-15)27-23(29)21-14-18(10-11-25-21)22(28)26-12-9-17-5-3-4-6-19(17)24/h3-8,10-11,13-14H,9,12H2,1-2H3,(H,26,28)(H,27,29). The molecule has 3 aromatic rings. The Balaban J connectivity index is 1.63. The van der Waals surface area contributed by atoms with Gasteiger partial charge in [-0.3, -0.25) is 14.6 Å². The van der Waals surface area contributed by atoms with E-state index >= 15 is 0 Å². The quantitative estimate of drug-likeness (QED) is 0.666. The molecule has 0 fully saturated rings. The number of aromatic nitrogens is 1. The molecule has 6 heteroatoms. The second kappa shape index (κ2) is 9.10. The summed E-state index contributed by atoms with van der Waals surface area (Å²) in [6, 6.07) is 15.1. The molecule has 0 aliphatic rings. The zero-order valence-electron chi connectivity index (χ0n) is 16.3. The summed E-state index contributed by atoms with van der Waals surface area (Å²) in [5, 5.41) is 5.56. The van der Waals surface area contributed by atoms with E-state index in [0.717, 1.165) is 11.1 Å². The lowest BCUT2D eigenvalue weighted by atomic mass is 10.1. The van der Waals surface area contributed by atoms with Crippen molar-refractivity contribution in [2.24, 2.45) is 0 Å². The lowest BCUT2D eigenvalue weighted by Gasteiger charge is -2.10. The lowest BCUT2D eigenvalue weighted by Crippen LogP contribution is -2.26. The molecule has 1 heterocycles. The van der Waals surface area contributed by atoms with Crippen LogP contribution in [0.15, 0.2) is 60.8 Å². The predicted molar refractivity (Wildman–Crippen MR) is 111 cm³/mol. The van der Waals surface area contributed by atoms with E-state index in [2.05, 4.69) is 15.6 Å². The van der Waals surface area contributed by atoms with Gasteiger partial charge in [0.15, 0.2) is 0 Å². The number of carbonyl (C=O) groups is 2. The largest absolute Gasteiger partial charge is 0.352 e. The Kier molecular flexibility index (Phi) is 6.34. The Labute approximate surface area is 169 Å². The van der Waals surface area contributed by atoms with Crippen LogP contribution in [0.4, 0.5) is 10.1 Å². The minimum atomic E-state index is -0.391. The van der Waals surface area contributed by atoms with E-state index < -0.39 is 5.91 Å². The van der Waals surface area contributed by atoms with Crippen molar-refractivity contribution in [3.63, 3.8) is 0 Å². The summed E-state index contributed by atoms with van der Waals surface area (Å²) in [4.78, 5) is 29.0. The number of pyridine rings is 1. The molecule has 3 rings (SSSR count). The van der Waals surface area contributed by atoms with Crippen molar-refractivity contribution in [1.29, 1.82) is 0 Å². The van der Waals surface area contributed by atoms with E-state index in [9.17, 15) is 14.0 Å². The van der Waals surface area contributed by atoms with Gasteiger partial charge in [0.05, 0.1) is 0 Å². The average Bonchev–Trinajstić information content (AvgIpc) is 2.71. The van der Waals surface area contributed by atoms with E-state index in [-0.39, 0.29) is 24.0 Å². The summed E-state index contributed by atoms with van der Waals surface area (Å²) in [7, 11) is 0. The summed E-state index contributed by atoms with van der Waals surface area (Å²) in [6.45, 7) is 4.18. The van der Waals surface area contributed by atoms with Crippen LogP contribution < -0.4 is 10.6 Å². The number of carbonyl (C=O) groups excluding carboxylic acids is 2. The van der Waals surface area contributed by atoms with Gasteiger partial charge in [-0.05, 0) is 55.7 Å². The van der Waals surface area contributed by atoms with Crippen LogP contribution >= 0.6 is 0 Å². The van der Waals surface area contributed by atoms with Gasteiger partial charge in [-0.2, -0.15) is 0 Å². The number of nitrogens with one attached hydrogen (secondary N) is 2. The molecule has 0 radical (unpaired) electrons. The molecular formula is C23H22FN3O2. The number of hydrogen-bond acceptors (Lipinski definition) is 3. The Hall–Kier alpha value is -3.54. The minimum Gasteiger partial charge on any atom is -0.352 e. The molecule has 2 aromatic carbocycles. The second-order valence-corrected chi connectivity index (χ2v) is 6.80. The SMILES string of the molecule is Cc1ccc(NC(=O)c2cc(C(=O)NCCc3ccccc3F)ccn2)c(C)c1. The predicted octanol–water partition coefficient (Wildman–Crippen LogP) is 4.06. The second-order valence-electron chi connectivity index (χ2n) is 6.80. The molecule has 29 heavy (non-hydrogen) atoms. The van der Waals surface area contributed by atoms with Crippen LogP contribution in [0.5, 0.6) is 0 Å². The minimum absolute atomic E-state index is 0.145. The third kappa shape index (κ3) is 5.25. The summed E-state index contributed by atoms with van der Waals surface area (Å²) in [5.74, 6) is -1.03. The van der Waals surface area contributed by atoms with Gasteiger partial charge in [0.2, 0.25) is 0 Å². The first-order valence-corrected chi connectivity index (χ1v) is 9.30. The van der Waals surface area contributed by atoms with Crippen molar-refractivity contribution in [2.45, 2.75) is 20.3 Å². The number of amides is 2. The fourth-order valence-electron chi connectivity index (χ4n) is 2.95. The first kappa shape index (κ1) is 20.2. The summed E-state index contributed by atoms with van der Waals surface area (Å²) >= 11 is 0. The van der Waals surface area contributed by atoms with Crippen molar-refractivity contribution in [3.05, 3.63) is 94.6 Å². The highest BCUT2D eigenvalue weighted by Crippen LogP contribution is 2.17. The van der Waals surface area contributed by atoms with Gasteiger partial charge in [0, 0.05) is 24.0 Å². The van der Waals surface area contributed by atoms with Gasteiger partial charge in [-0.1, -0.05) is 35.9 Å². The number of halogens is 1. The van der Waals surface area contributed by atoms with Gasteiger partial charge in [-0.15, -0.1) is 0 Å². The molecular weight excluding hydrogens is 369 g/mol. The van der Waals surface area contributed by atoms with Crippen LogP contribution in [-0.2, 0) is 6.42 Å². The van der Waals surface area contributed by atoms with Gasteiger partial charge in [0.25, 0.3) is 11.8 Å². The lowest BCUT2D eigenvalue weighted by molar-refractivity contribution is 0.0954. The molecule has 5 nitrogen and oxygen atoms in total. The maximum Gasteiger partial charge on any atom is 0.274 e. The van der Waals surface area contributed by atoms with Gasteiger partial charge >= 0.3 is 0 Å². The number of benzene rings is 2. The van der Waals surface area contributed by atoms with E-state index in [1.807, 2.05) is 32.0 Å². The van der Waals surface area contributed by atoms with Gasteiger partial charge < -0.3 is 10.6 Å². The molecule has 1 aromatic heterocycles. The Morgan fingerprint density at radius 1 is 1.00 bits per heavy atom. The van der Waals surface area contributed by atoms with Crippen LogP contribution in [0.25, 0.3) is 0 Å². The number of hydrogen-bond donors (Lipinski definition) is 2. The van der Waals surface area contributed by atoms with Crippen molar-refractivity contribution >= 4 is 17.5 Å². The zero-order chi connectivity index (χ0) is 20.8. The first-order chi connectivity index (χ1) is 13.9. The highest BCUT2D eigenvalue weighted by Gasteiger charge is 2.13. The summed E-state index contributed by atoms with van der Waals surface area (Å²) in [6.07, 6.45) is 1.80. The monoisotopic (exact) mass is 391 g/mol. The van der Waals surface area contributed by atoms with Crippen LogP contribution in [0.3, 0.4) is 0 Å². The highest BCUT2D eigenvalue weighted by atomic mass is 19.1. The molecule has 0 bridgehead atoms. The normalized spacial score (nSPS) is 10.4. The van der Waals surface area contributed by atoms with Crippen LogP contribution in [0.1, 0.15) is 37.5 Å². The molecule has 0 unspecified atom stereocenters. The maximum atomic E-state index is 13.6. The van der Waals surface area contributed by atoms with E-state index in [1.165, 1.54) is 24.4 Å². The molecule has 0 atom stereocenters. The third-order valence-corrected chi connectivity index (χ3v) is 4.52. The molecule has 148 valence electrons. The van der Waals surface area contributed by atoms with Crippen LogP contribution in [0, 0.1) is 19.7 Å². The summed E-state index contributed by atoms with van der Waals surface area (Å²) in [5.41, 5.74) is 3.75. The van der Waals surface area contributed by atoms with Gasteiger partial charge in [-0.25, -0.2) is 4.39 Å². The molecule has 2 amide bonds. The van der Waals surface area contributed by atoms with Crippen molar-refractivity contribution in [1.82, 2.24) is 10.3 Å². The smallest absolute Gasteiger partial charge is 0.274 e. The van der Waals surface area contributed by atoms with Crippen molar-refractivity contribution < 1.29 is 14.0 Å². The fourth-order valence-corrected chi connectivity index (χ4v) is 2.95. The third-order valence-electron chi connectivity index (χ3n) is 4.52. The fraction of sp³-hybridized carbons (Fsp3) is 0.174. The Bertz CT molecular complexity index is 1050. The number of nitrogens with zero attached hydrogens (tertiary/aromatic N) is 1. The molecule has 2 N–H and O–H groups in total. The van der Waals surface area contributed by atoms with Crippen LogP contribution in [0.2, 0.25) is 0 Å². The summed E-state index contributed by atoms with van der Waals surface area (Å²) < 4.78 is 13.6. The highest BCUT2D eigenvalue weighted by molar-refractivity contribution is 6.05. The Morgan fingerprint density at radius 2 is 1.79 bits per heavy atom. The molecule has 0 saturated heterocycles. The molecule has 0 saturated carbocycles. The maximum absolute atomic E-state index is 13.6. The molecule has 0 aliphatic carbocycles. The average molecular weight is 391 g/mol. The van der Waals surface area contributed by atoms with Gasteiger partial charge in [0.1, 0.15) is 11.5 Å². The number of anilines is 1. The van der Waals surface area contributed by atoms with Crippen molar-refractivity contribution in [2.75, 3.05) is 11.9 Å². The topological polar surface area (TPSA) is 71.1 Å². The van der Waals surface area contributed by atoms with Crippen molar-refractivity contribution in [3.8, 4) is 0 Å². The molecule has 0 spiro atoms. The zero-order valence-corrected chi connectivity index (χ0v) is 16.3. The number of aryl methyl sites for hydroxylation is 2. The van der Waals surface area contributed by atoms with E-state index in [1.54, 1.807) is 18.2 Å². The Morgan fingerprint density at radius 3 is 2.55 bits per heavy atom.